The van der Waals surface area contributed by atoms with E-state index in [1.54, 1.807) is 14.0 Å². The molecule has 2 amide bonds. The lowest BCUT2D eigenvalue weighted by Crippen LogP contribution is -2.44. The fourth-order valence-corrected chi connectivity index (χ4v) is 2.34. The lowest BCUT2D eigenvalue weighted by atomic mass is 10.0. The Morgan fingerprint density at radius 2 is 2.20 bits per heavy atom. The van der Waals surface area contributed by atoms with Gasteiger partial charge in [-0.15, -0.1) is 0 Å². The average Bonchev–Trinajstić information content (AvgIpc) is 2.42. The molecule has 20 heavy (non-hydrogen) atoms. The number of anilines is 1. The van der Waals surface area contributed by atoms with E-state index in [-0.39, 0.29) is 18.6 Å². The van der Waals surface area contributed by atoms with Crippen LogP contribution in [0.15, 0.2) is 18.2 Å². The van der Waals surface area contributed by atoms with E-state index < -0.39 is 5.97 Å². The molecular weight excluding hydrogens is 260 g/mol. The van der Waals surface area contributed by atoms with Gasteiger partial charge in [-0.3, -0.25) is 4.79 Å². The number of amides is 2. The van der Waals surface area contributed by atoms with Crippen molar-refractivity contribution in [1.29, 1.82) is 0 Å². The van der Waals surface area contributed by atoms with Gasteiger partial charge in [0, 0.05) is 5.56 Å². The fraction of sp³-hybridized carbons (Fsp3) is 0.429. The summed E-state index contributed by atoms with van der Waals surface area (Å²) in [6.45, 7) is 3.80. The molecule has 0 aromatic heterocycles. The van der Waals surface area contributed by atoms with Crippen LogP contribution >= 0.6 is 0 Å². The van der Waals surface area contributed by atoms with Gasteiger partial charge in [0.2, 0.25) is 0 Å². The molecular formula is C14H18N2O4. The summed E-state index contributed by atoms with van der Waals surface area (Å²) in [4.78, 5) is 25.1. The quantitative estimate of drug-likeness (QED) is 0.857. The molecule has 0 fully saturated rings. The van der Waals surface area contributed by atoms with E-state index in [9.17, 15) is 9.59 Å². The Labute approximate surface area is 117 Å². The summed E-state index contributed by atoms with van der Waals surface area (Å²) in [5, 5.41) is 2.76. The summed E-state index contributed by atoms with van der Waals surface area (Å²) >= 11 is 0. The lowest BCUT2D eigenvalue weighted by molar-refractivity contribution is -0.144. The molecule has 0 bridgehead atoms. The third kappa shape index (κ3) is 2.54. The van der Waals surface area contributed by atoms with Crippen LogP contribution in [0.4, 0.5) is 10.5 Å². The van der Waals surface area contributed by atoms with Crippen LogP contribution in [0.2, 0.25) is 0 Å². The topological polar surface area (TPSA) is 67.9 Å². The third-order valence-electron chi connectivity index (χ3n) is 3.28. The molecule has 1 atom stereocenters. The smallest absolute Gasteiger partial charge is 0.325 e. The molecule has 0 radical (unpaired) electrons. The normalized spacial score (nSPS) is 17.2. The molecule has 1 aliphatic heterocycles. The molecule has 6 nitrogen and oxygen atoms in total. The second-order valence-electron chi connectivity index (χ2n) is 4.46. The van der Waals surface area contributed by atoms with E-state index in [0.717, 1.165) is 5.56 Å². The first-order valence-electron chi connectivity index (χ1n) is 6.48. The SMILES string of the molecule is CCOC(=O)CN1C(=O)Nc2cccc(OC)c2C1C. The van der Waals surface area contributed by atoms with Crippen LogP contribution in [0.3, 0.4) is 0 Å². The molecule has 6 heteroatoms. The maximum atomic E-state index is 12.1. The van der Waals surface area contributed by atoms with E-state index in [1.807, 2.05) is 25.1 Å². The molecule has 1 aromatic rings. The van der Waals surface area contributed by atoms with Gasteiger partial charge in [-0.2, -0.15) is 0 Å². The van der Waals surface area contributed by atoms with Gasteiger partial charge in [0.25, 0.3) is 0 Å². The van der Waals surface area contributed by atoms with E-state index in [2.05, 4.69) is 5.32 Å². The highest BCUT2D eigenvalue weighted by atomic mass is 16.5. The summed E-state index contributed by atoms with van der Waals surface area (Å²) in [6.07, 6.45) is 0. The largest absolute Gasteiger partial charge is 0.496 e. The number of methoxy groups -OCH3 is 1. The summed E-state index contributed by atoms with van der Waals surface area (Å²) in [7, 11) is 1.58. The third-order valence-corrected chi connectivity index (χ3v) is 3.28. The number of carbonyl (C=O) groups excluding carboxylic acids is 2. The van der Waals surface area contributed by atoms with E-state index in [0.29, 0.717) is 18.0 Å². The van der Waals surface area contributed by atoms with Crippen LogP contribution in [-0.2, 0) is 9.53 Å². The summed E-state index contributed by atoms with van der Waals surface area (Å²) in [5.74, 6) is 0.261. The number of fused-ring (bicyclic) bond motifs is 1. The van der Waals surface area contributed by atoms with Gasteiger partial charge in [-0.1, -0.05) is 6.07 Å². The van der Waals surface area contributed by atoms with Crippen LogP contribution in [0.1, 0.15) is 25.5 Å². The van der Waals surface area contributed by atoms with Crippen LogP contribution in [0.5, 0.6) is 5.75 Å². The maximum Gasteiger partial charge on any atom is 0.325 e. The van der Waals surface area contributed by atoms with Crippen molar-refractivity contribution in [2.45, 2.75) is 19.9 Å². The number of ether oxygens (including phenoxy) is 2. The number of benzene rings is 1. The predicted octanol–water partition coefficient (Wildman–Crippen LogP) is 2.17. The first-order chi connectivity index (χ1) is 9.58. The zero-order chi connectivity index (χ0) is 14.7. The molecule has 0 aliphatic carbocycles. The number of carbonyl (C=O) groups is 2. The Morgan fingerprint density at radius 1 is 1.45 bits per heavy atom. The Hall–Kier alpha value is -2.24. The first-order valence-corrected chi connectivity index (χ1v) is 6.48. The van der Waals surface area contributed by atoms with Gasteiger partial charge >= 0.3 is 12.0 Å². The Morgan fingerprint density at radius 3 is 2.85 bits per heavy atom. The first kappa shape index (κ1) is 14.2. The minimum atomic E-state index is -0.423. The average molecular weight is 278 g/mol. The van der Waals surface area contributed by atoms with E-state index in [4.69, 9.17) is 9.47 Å². The van der Waals surface area contributed by atoms with Crippen molar-refractivity contribution in [1.82, 2.24) is 4.90 Å². The number of nitrogens with one attached hydrogen (secondary N) is 1. The molecule has 0 spiro atoms. The number of hydrogen-bond acceptors (Lipinski definition) is 4. The summed E-state index contributed by atoms with van der Waals surface area (Å²) < 4.78 is 10.2. The predicted molar refractivity (Wildman–Crippen MR) is 73.8 cm³/mol. The van der Waals surface area contributed by atoms with Crippen molar-refractivity contribution < 1.29 is 19.1 Å². The Kier molecular flexibility index (Phi) is 4.12. The number of urea groups is 1. The standard InChI is InChI=1S/C14H18N2O4/c1-4-20-12(17)8-16-9(2)13-10(15-14(16)18)6-5-7-11(13)19-3/h5-7,9H,4,8H2,1-3H3,(H,15,18). The number of esters is 1. The van der Waals surface area contributed by atoms with Crippen LogP contribution in [0.25, 0.3) is 0 Å². The Bertz CT molecular complexity index is 530. The second-order valence-corrected chi connectivity index (χ2v) is 4.46. The highest BCUT2D eigenvalue weighted by Crippen LogP contribution is 2.38. The maximum absolute atomic E-state index is 12.1. The minimum absolute atomic E-state index is 0.0850. The number of rotatable bonds is 4. The zero-order valence-corrected chi connectivity index (χ0v) is 11.8. The van der Waals surface area contributed by atoms with Crippen molar-refractivity contribution in [3.8, 4) is 5.75 Å². The van der Waals surface area contributed by atoms with E-state index in [1.165, 1.54) is 4.90 Å². The molecule has 108 valence electrons. The summed E-state index contributed by atoms with van der Waals surface area (Å²) in [5.41, 5.74) is 1.57. The highest BCUT2D eigenvalue weighted by Gasteiger charge is 2.33. The van der Waals surface area contributed by atoms with Gasteiger partial charge < -0.3 is 19.7 Å². The van der Waals surface area contributed by atoms with Gasteiger partial charge in [0.05, 0.1) is 25.4 Å². The van der Waals surface area contributed by atoms with Gasteiger partial charge in [0.15, 0.2) is 0 Å². The van der Waals surface area contributed by atoms with Crippen molar-refractivity contribution in [2.75, 3.05) is 25.6 Å². The van der Waals surface area contributed by atoms with Crippen LogP contribution in [-0.4, -0.2) is 37.2 Å². The molecule has 0 saturated carbocycles. The Balaban J connectivity index is 2.29. The van der Waals surface area contributed by atoms with Crippen LogP contribution < -0.4 is 10.1 Å². The van der Waals surface area contributed by atoms with E-state index >= 15 is 0 Å². The minimum Gasteiger partial charge on any atom is -0.496 e. The molecule has 1 aliphatic rings. The zero-order valence-electron chi connectivity index (χ0n) is 11.8. The molecule has 1 aromatic carbocycles. The fourth-order valence-electron chi connectivity index (χ4n) is 2.34. The second kappa shape index (κ2) is 5.81. The van der Waals surface area contributed by atoms with Gasteiger partial charge in [0.1, 0.15) is 12.3 Å². The monoisotopic (exact) mass is 278 g/mol. The molecule has 1 N–H and O–H groups in total. The molecule has 2 rings (SSSR count). The molecule has 0 saturated heterocycles. The van der Waals surface area contributed by atoms with Gasteiger partial charge in [-0.05, 0) is 26.0 Å². The highest BCUT2D eigenvalue weighted by molar-refractivity contribution is 5.95. The van der Waals surface area contributed by atoms with Crippen molar-refractivity contribution in [2.24, 2.45) is 0 Å². The van der Waals surface area contributed by atoms with Gasteiger partial charge in [-0.25, -0.2) is 4.79 Å². The van der Waals surface area contributed by atoms with Crippen molar-refractivity contribution in [3.05, 3.63) is 23.8 Å². The lowest BCUT2D eigenvalue weighted by Gasteiger charge is -2.35. The van der Waals surface area contributed by atoms with Crippen LogP contribution in [0, 0.1) is 0 Å². The molecule has 1 heterocycles. The molecule has 1 unspecified atom stereocenters. The number of nitrogens with zero attached hydrogens (tertiary/aromatic N) is 1. The van der Waals surface area contributed by atoms with Crippen molar-refractivity contribution >= 4 is 17.7 Å². The summed E-state index contributed by atoms with van der Waals surface area (Å²) in [6, 6.07) is 4.88. The number of hydrogen-bond donors (Lipinski definition) is 1. The van der Waals surface area contributed by atoms with Crippen molar-refractivity contribution in [3.63, 3.8) is 0 Å².